The minimum absolute atomic E-state index is 0.185. The van der Waals surface area contributed by atoms with Crippen LogP contribution in [0.2, 0.25) is 0 Å². The molecule has 1 aromatic heterocycles. The number of nitrogens with one attached hydrogen (secondary N) is 1. The van der Waals surface area contributed by atoms with E-state index < -0.39 is 0 Å². The van der Waals surface area contributed by atoms with Crippen molar-refractivity contribution < 1.29 is 9.84 Å². The average Bonchev–Trinajstić information content (AvgIpc) is 2.45. The fraction of sp³-hybridized carbons (Fsp3) is 0.714. The van der Waals surface area contributed by atoms with Gasteiger partial charge in [-0.05, 0) is 20.3 Å². The molecule has 0 unspecified atom stereocenters. The van der Waals surface area contributed by atoms with E-state index in [9.17, 15) is 0 Å². The van der Waals surface area contributed by atoms with Crippen LogP contribution < -0.4 is 10.2 Å². The number of methoxy groups -OCH3 is 1. The van der Waals surface area contributed by atoms with E-state index in [4.69, 9.17) is 9.84 Å². The zero-order chi connectivity index (χ0) is 14.8. The second-order valence-corrected chi connectivity index (χ2v) is 4.93. The molecule has 0 aliphatic rings. The molecule has 114 valence electrons. The van der Waals surface area contributed by atoms with Gasteiger partial charge in [-0.15, -0.1) is 0 Å². The Labute approximate surface area is 121 Å². The summed E-state index contributed by atoms with van der Waals surface area (Å²) in [5.74, 6) is 0.717. The van der Waals surface area contributed by atoms with Crippen molar-refractivity contribution >= 4 is 5.95 Å². The highest BCUT2D eigenvalue weighted by Gasteiger charge is 2.12. The van der Waals surface area contributed by atoms with Gasteiger partial charge in [0.1, 0.15) is 0 Å². The van der Waals surface area contributed by atoms with Gasteiger partial charge in [0.05, 0.1) is 6.61 Å². The van der Waals surface area contributed by atoms with Gasteiger partial charge in [0.25, 0.3) is 0 Å². The van der Waals surface area contributed by atoms with Crippen molar-refractivity contribution in [3.05, 3.63) is 18.0 Å². The molecular formula is C14H26N4O2. The Hall–Kier alpha value is -1.24. The average molecular weight is 282 g/mol. The molecule has 1 aromatic rings. The molecule has 1 heterocycles. The summed E-state index contributed by atoms with van der Waals surface area (Å²) < 4.78 is 4.97. The lowest BCUT2D eigenvalue weighted by atomic mass is 10.3. The molecule has 0 saturated carbocycles. The molecule has 2 N–H and O–H groups in total. The van der Waals surface area contributed by atoms with E-state index in [1.54, 1.807) is 7.11 Å². The summed E-state index contributed by atoms with van der Waals surface area (Å²) >= 11 is 0. The van der Waals surface area contributed by atoms with Crippen LogP contribution in [-0.2, 0) is 11.3 Å². The molecule has 0 bridgehead atoms. The van der Waals surface area contributed by atoms with Crippen LogP contribution in [0.3, 0.4) is 0 Å². The molecule has 0 aliphatic heterocycles. The zero-order valence-corrected chi connectivity index (χ0v) is 12.7. The maximum atomic E-state index is 8.94. The van der Waals surface area contributed by atoms with Crippen LogP contribution in [-0.4, -0.2) is 54.5 Å². The molecule has 0 fully saturated rings. The fourth-order valence-corrected chi connectivity index (χ4v) is 1.82. The SMILES string of the molecule is COCCNCc1cnc(N(CCCO)C(C)C)nc1. The maximum absolute atomic E-state index is 8.94. The lowest BCUT2D eigenvalue weighted by Crippen LogP contribution is -2.33. The van der Waals surface area contributed by atoms with Gasteiger partial charge in [-0.1, -0.05) is 0 Å². The minimum Gasteiger partial charge on any atom is -0.396 e. The lowest BCUT2D eigenvalue weighted by Gasteiger charge is -2.26. The van der Waals surface area contributed by atoms with Gasteiger partial charge in [-0.25, -0.2) is 9.97 Å². The monoisotopic (exact) mass is 282 g/mol. The summed E-state index contributed by atoms with van der Waals surface area (Å²) in [7, 11) is 1.69. The van der Waals surface area contributed by atoms with Crippen LogP contribution in [0.15, 0.2) is 12.4 Å². The van der Waals surface area contributed by atoms with Gasteiger partial charge < -0.3 is 20.1 Å². The first-order valence-corrected chi connectivity index (χ1v) is 7.07. The number of nitrogens with zero attached hydrogens (tertiary/aromatic N) is 3. The second kappa shape index (κ2) is 9.63. The van der Waals surface area contributed by atoms with Crippen LogP contribution >= 0.6 is 0 Å². The summed E-state index contributed by atoms with van der Waals surface area (Å²) in [4.78, 5) is 10.9. The Morgan fingerprint density at radius 3 is 2.60 bits per heavy atom. The number of aliphatic hydroxyl groups excluding tert-OH is 1. The fourth-order valence-electron chi connectivity index (χ4n) is 1.82. The van der Waals surface area contributed by atoms with E-state index in [-0.39, 0.29) is 6.61 Å². The van der Waals surface area contributed by atoms with E-state index in [0.717, 1.165) is 31.6 Å². The van der Waals surface area contributed by atoms with E-state index in [1.165, 1.54) is 0 Å². The summed E-state index contributed by atoms with van der Waals surface area (Å²) in [6.07, 6.45) is 4.41. The molecule has 0 atom stereocenters. The first kappa shape index (κ1) is 16.8. The topological polar surface area (TPSA) is 70.5 Å². The van der Waals surface area contributed by atoms with Gasteiger partial charge in [0.2, 0.25) is 5.95 Å². The van der Waals surface area contributed by atoms with E-state index in [1.807, 2.05) is 12.4 Å². The molecule has 1 rings (SSSR count). The quantitative estimate of drug-likeness (QED) is 0.619. The number of rotatable bonds is 10. The number of hydrogen-bond donors (Lipinski definition) is 2. The number of ether oxygens (including phenoxy) is 1. The van der Waals surface area contributed by atoms with E-state index in [2.05, 4.69) is 34.0 Å². The summed E-state index contributed by atoms with van der Waals surface area (Å²) in [5, 5.41) is 12.2. The van der Waals surface area contributed by atoms with Crippen LogP contribution in [0.5, 0.6) is 0 Å². The molecule has 0 aliphatic carbocycles. The Kier molecular flexibility index (Phi) is 8.10. The molecule has 0 saturated heterocycles. The van der Waals surface area contributed by atoms with Crippen molar-refractivity contribution in [3.63, 3.8) is 0 Å². The third-order valence-corrected chi connectivity index (χ3v) is 2.94. The van der Waals surface area contributed by atoms with Crippen LogP contribution in [0.25, 0.3) is 0 Å². The highest BCUT2D eigenvalue weighted by Crippen LogP contribution is 2.11. The molecule has 0 radical (unpaired) electrons. The number of aliphatic hydroxyl groups is 1. The van der Waals surface area contributed by atoms with Gasteiger partial charge in [-0.2, -0.15) is 0 Å². The van der Waals surface area contributed by atoms with E-state index in [0.29, 0.717) is 18.6 Å². The Morgan fingerprint density at radius 2 is 2.05 bits per heavy atom. The van der Waals surface area contributed by atoms with Crippen molar-refractivity contribution in [1.29, 1.82) is 0 Å². The van der Waals surface area contributed by atoms with Crippen molar-refractivity contribution in [2.45, 2.75) is 32.9 Å². The number of aromatic nitrogens is 2. The summed E-state index contributed by atoms with van der Waals surface area (Å²) in [6, 6.07) is 0.312. The first-order valence-electron chi connectivity index (χ1n) is 7.07. The van der Waals surface area contributed by atoms with Gasteiger partial charge in [-0.3, -0.25) is 0 Å². The van der Waals surface area contributed by atoms with Gasteiger partial charge >= 0.3 is 0 Å². The van der Waals surface area contributed by atoms with E-state index >= 15 is 0 Å². The van der Waals surface area contributed by atoms with Crippen molar-refractivity contribution in [2.75, 3.05) is 38.3 Å². The number of hydrogen-bond acceptors (Lipinski definition) is 6. The molecule has 20 heavy (non-hydrogen) atoms. The standard InChI is InChI=1S/C14H26N4O2/c1-12(2)18(6-4-7-19)14-16-10-13(11-17-14)9-15-5-8-20-3/h10-12,15,19H,4-9H2,1-3H3. The highest BCUT2D eigenvalue weighted by atomic mass is 16.5. The first-order chi connectivity index (χ1) is 9.69. The third kappa shape index (κ3) is 5.81. The minimum atomic E-state index is 0.185. The van der Waals surface area contributed by atoms with Gasteiger partial charge in [0.15, 0.2) is 0 Å². The van der Waals surface area contributed by atoms with Crippen LogP contribution in [0, 0.1) is 0 Å². The van der Waals surface area contributed by atoms with Gasteiger partial charge in [0, 0.05) is 57.3 Å². The summed E-state index contributed by atoms with van der Waals surface area (Å²) in [5.41, 5.74) is 1.05. The molecule has 6 nitrogen and oxygen atoms in total. The largest absolute Gasteiger partial charge is 0.396 e. The zero-order valence-electron chi connectivity index (χ0n) is 12.7. The molecule has 0 spiro atoms. The predicted octanol–water partition coefficient (Wildman–Crippen LogP) is 0.810. The third-order valence-electron chi connectivity index (χ3n) is 2.94. The Morgan fingerprint density at radius 1 is 1.35 bits per heavy atom. The van der Waals surface area contributed by atoms with Crippen molar-refractivity contribution in [3.8, 4) is 0 Å². The Bertz CT molecular complexity index is 357. The smallest absolute Gasteiger partial charge is 0.225 e. The van der Waals surface area contributed by atoms with Crippen molar-refractivity contribution in [2.24, 2.45) is 0 Å². The molecule has 6 heteroatoms. The van der Waals surface area contributed by atoms with Crippen molar-refractivity contribution in [1.82, 2.24) is 15.3 Å². The van der Waals surface area contributed by atoms with Crippen LogP contribution in [0.4, 0.5) is 5.95 Å². The lowest BCUT2D eigenvalue weighted by molar-refractivity contribution is 0.199. The number of anilines is 1. The Balaban J connectivity index is 2.54. The normalized spacial score (nSPS) is 11.1. The molecular weight excluding hydrogens is 256 g/mol. The molecule has 0 amide bonds. The maximum Gasteiger partial charge on any atom is 0.225 e. The highest BCUT2D eigenvalue weighted by molar-refractivity contribution is 5.31. The summed E-state index contributed by atoms with van der Waals surface area (Å²) in [6.45, 7) is 7.39. The second-order valence-electron chi connectivity index (χ2n) is 4.93. The predicted molar refractivity (Wildman–Crippen MR) is 79.8 cm³/mol. The van der Waals surface area contributed by atoms with Crippen LogP contribution in [0.1, 0.15) is 25.8 Å². The molecule has 0 aromatic carbocycles.